The van der Waals surface area contributed by atoms with Crippen LogP contribution in [0.4, 0.5) is 0 Å². The molecule has 0 aliphatic rings. The minimum atomic E-state index is -0.232. The average molecular weight is 270 g/mol. The van der Waals surface area contributed by atoms with Crippen molar-refractivity contribution < 1.29 is 4.79 Å². The van der Waals surface area contributed by atoms with Gasteiger partial charge in [0.25, 0.3) is 5.91 Å². The Kier molecular flexibility index (Phi) is 5.54. The second-order valence-corrected chi connectivity index (χ2v) is 5.43. The van der Waals surface area contributed by atoms with Gasteiger partial charge in [-0.3, -0.25) is 4.79 Å². The van der Waals surface area contributed by atoms with Gasteiger partial charge in [0.15, 0.2) is 0 Å². The van der Waals surface area contributed by atoms with Crippen molar-refractivity contribution in [3.63, 3.8) is 0 Å². The summed E-state index contributed by atoms with van der Waals surface area (Å²) in [6.07, 6.45) is 2.42. The second-order valence-electron chi connectivity index (χ2n) is 5.02. The van der Waals surface area contributed by atoms with Gasteiger partial charge in [-0.25, -0.2) is 9.97 Å². The predicted molar refractivity (Wildman–Crippen MR) is 72.9 cm³/mol. The Morgan fingerprint density at radius 1 is 1.39 bits per heavy atom. The lowest BCUT2D eigenvalue weighted by molar-refractivity contribution is 0.0946. The fraction of sp³-hybridized carbons (Fsp3) is 0.615. The van der Waals surface area contributed by atoms with Crippen LogP contribution in [0, 0.1) is 5.92 Å². The highest BCUT2D eigenvalue weighted by molar-refractivity contribution is 6.33. The number of amides is 1. The van der Waals surface area contributed by atoms with Gasteiger partial charge in [-0.1, -0.05) is 39.3 Å². The molecule has 1 aromatic heterocycles. The molecule has 1 amide bonds. The van der Waals surface area contributed by atoms with Gasteiger partial charge in [0.05, 0.1) is 11.2 Å². The van der Waals surface area contributed by atoms with Crippen LogP contribution in [0.5, 0.6) is 0 Å². The topological polar surface area (TPSA) is 54.9 Å². The molecule has 0 unspecified atom stereocenters. The van der Waals surface area contributed by atoms with Crippen molar-refractivity contribution in [3.05, 3.63) is 22.7 Å². The summed E-state index contributed by atoms with van der Waals surface area (Å²) in [6, 6.07) is 0. The molecule has 0 aromatic carbocycles. The lowest BCUT2D eigenvalue weighted by Crippen LogP contribution is -2.27. The minimum Gasteiger partial charge on any atom is -0.351 e. The Balaban J connectivity index is 2.75. The molecule has 0 saturated carbocycles. The van der Waals surface area contributed by atoms with Crippen molar-refractivity contribution in [1.29, 1.82) is 0 Å². The molecule has 5 heteroatoms. The van der Waals surface area contributed by atoms with Crippen LogP contribution in [0.2, 0.25) is 5.02 Å². The highest BCUT2D eigenvalue weighted by Gasteiger charge is 2.15. The highest BCUT2D eigenvalue weighted by atomic mass is 35.5. The zero-order valence-electron chi connectivity index (χ0n) is 11.3. The van der Waals surface area contributed by atoms with E-state index in [1.165, 1.54) is 6.20 Å². The molecule has 18 heavy (non-hydrogen) atoms. The lowest BCUT2D eigenvalue weighted by atomic mass is 10.1. The normalized spacial score (nSPS) is 11.1. The molecule has 0 atom stereocenters. The van der Waals surface area contributed by atoms with Crippen LogP contribution in [-0.4, -0.2) is 22.4 Å². The number of nitrogens with one attached hydrogen (secondary N) is 1. The SMILES string of the molecule is CC(C)CCNC(=O)c1nc(C(C)C)ncc1Cl. The fourth-order valence-corrected chi connectivity index (χ4v) is 1.55. The summed E-state index contributed by atoms with van der Waals surface area (Å²) in [5.41, 5.74) is 0.263. The third-order valence-corrected chi connectivity index (χ3v) is 2.78. The quantitative estimate of drug-likeness (QED) is 0.894. The maximum absolute atomic E-state index is 11.9. The van der Waals surface area contributed by atoms with E-state index in [-0.39, 0.29) is 17.5 Å². The van der Waals surface area contributed by atoms with E-state index in [0.29, 0.717) is 23.3 Å². The Hall–Kier alpha value is -1.16. The molecule has 0 saturated heterocycles. The van der Waals surface area contributed by atoms with Gasteiger partial charge in [0.2, 0.25) is 0 Å². The van der Waals surface area contributed by atoms with Crippen LogP contribution in [0.25, 0.3) is 0 Å². The first-order valence-corrected chi connectivity index (χ1v) is 6.60. The third kappa shape index (κ3) is 4.26. The van der Waals surface area contributed by atoms with Gasteiger partial charge in [-0.15, -0.1) is 0 Å². The zero-order chi connectivity index (χ0) is 13.7. The molecule has 4 nitrogen and oxygen atoms in total. The molecule has 1 N–H and O–H groups in total. The molecular formula is C13H20ClN3O. The van der Waals surface area contributed by atoms with Gasteiger partial charge in [0, 0.05) is 12.5 Å². The van der Waals surface area contributed by atoms with E-state index in [4.69, 9.17) is 11.6 Å². The molecule has 1 rings (SSSR count). The van der Waals surface area contributed by atoms with Crippen LogP contribution >= 0.6 is 11.6 Å². The van der Waals surface area contributed by atoms with Crippen LogP contribution in [0.1, 0.15) is 56.3 Å². The fourth-order valence-electron chi connectivity index (χ4n) is 1.38. The summed E-state index contributed by atoms with van der Waals surface area (Å²) in [4.78, 5) is 20.3. The van der Waals surface area contributed by atoms with E-state index in [1.54, 1.807) is 0 Å². The van der Waals surface area contributed by atoms with E-state index < -0.39 is 0 Å². The molecule has 0 bridgehead atoms. The standard InChI is InChI=1S/C13H20ClN3O/c1-8(2)5-6-15-13(18)11-10(14)7-16-12(17-11)9(3)4/h7-9H,5-6H2,1-4H3,(H,15,18). The summed E-state index contributed by atoms with van der Waals surface area (Å²) in [6.45, 7) is 8.81. The molecule has 0 radical (unpaired) electrons. The Morgan fingerprint density at radius 2 is 2.06 bits per heavy atom. The Labute approximate surface area is 113 Å². The lowest BCUT2D eigenvalue weighted by Gasteiger charge is -2.09. The average Bonchev–Trinajstić information content (AvgIpc) is 2.28. The summed E-state index contributed by atoms with van der Waals surface area (Å²) in [7, 11) is 0. The van der Waals surface area contributed by atoms with E-state index in [9.17, 15) is 4.79 Å². The van der Waals surface area contributed by atoms with Crippen molar-refractivity contribution in [2.24, 2.45) is 5.92 Å². The molecular weight excluding hydrogens is 250 g/mol. The summed E-state index contributed by atoms with van der Waals surface area (Å²) >= 11 is 5.95. The third-order valence-electron chi connectivity index (χ3n) is 2.50. The highest BCUT2D eigenvalue weighted by Crippen LogP contribution is 2.16. The molecule has 0 fully saturated rings. The number of nitrogens with zero attached hydrogens (tertiary/aromatic N) is 2. The van der Waals surface area contributed by atoms with Crippen LogP contribution in [0.15, 0.2) is 6.20 Å². The smallest absolute Gasteiger partial charge is 0.271 e. The van der Waals surface area contributed by atoms with Gasteiger partial charge in [-0.2, -0.15) is 0 Å². The number of hydrogen-bond donors (Lipinski definition) is 1. The van der Waals surface area contributed by atoms with Gasteiger partial charge in [-0.05, 0) is 12.3 Å². The molecule has 100 valence electrons. The number of aromatic nitrogens is 2. The largest absolute Gasteiger partial charge is 0.351 e. The minimum absolute atomic E-state index is 0.171. The van der Waals surface area contributed by atoms with Crippen molar-refractivity contribution in [3.8, 4) is 0 Å². The van der Waals surface area contributed by atoms with Gasteiger partial charge < -0.3 is 5.32 Å². The van der Waals surface area contributed by atoms with Crippen LogP contribution < -0.4 is 5.32 Å². The summed E-state index contributed by atoms with van der Waals surface area (Å²) in [5, 5.41) is 3.12. The molecule has 0 aliphatic carbocycles. The number of carbonyl (C=O) groups excluding carboxylic acids is 1. The van der Waals surface area contributed by atoms with Crippen molar-refractivity contribution in [1.82, 2.24) is 15.3 Å². The number of halogens is 1. The molecule has 1 heterocycles. The number of rotatable bonds is 5. The maximum Gasteiger partial charge on any atom is 0.271 e. The molecule has 1 aromatic rings. The zero-order valence-corrected chi connectivity index (χ0v) is 12.1. The number of carbonyl (C=O) groups is 1. The second kappa shape index (κ2) is 6.69. The van der Waals surface area contributed by atoms with E-state index in [0.717, 1.165) is 6.42 Å². The van der Waals surface area contributed by atoms with Crippen molar-refractivity contribution >= 4 is 17.5 Å². The van der Waals surface area contributed by atoms with Crippen molar-refractivity contribution in [2.45, 2.75) is 40.0 Å². The first kappa shape index (κ1) is 14.9. The van der Waals surface area contributed by atoms with Crippen LogP contribution in [0.3, 0.4) is 0 Å². The van der Waals surface area contributed by atoms with Gasteiger partial charge >= 0.3 is 0 Å². The predicted octanol–water partition coefficient (Wildman–Crippen LogP) is 3.03. The van der Waals surface area contributed by atoms with E-state index in [1.807, 2.05) is 13.8 Å². The number of hydrogen-bond acceptors (Lipinski definition) is 3. The summed E-state index contributed by atoms with van der Waals surface area (Å²) in [5.74, 6) is 1.13. The van der Waals surface area contributed by atoms with Crippen LogP contribution in [-0.2, 0) is 0 Å². The summed E-state index contributed by atoms with van der Waals surface area (Å²) < 4.78 is 0. The first-order valence-electron chi connectivity index (χ1n) is 6.22. The monoisotopic (exact) mass is 269 g/mol. The Bertz CT molecular complexity index is 419. The van der Waals surface area contributed by atoms with Gasteiger partial charge in [0.1, 0.15) is 11.5 Å². The Morgan fingerprint density at radius 3 is 2.61 bits per heavy atom. The maximum atomic E-state index is 11.9. The van der Waals surface area contributed by atoms with Crippen molar-refractivity contribution in [2.75, 3.05) is 6.54 Å². The first-order chi connectivity index (χ1) is 8.41. The van der Waals surface area contributed by atoms with E-state index >= 15 is 0 Å². The molecule has 0 spiro atoms. The molecule has 0 aliphatic heterocycles. The van der Waals surface area contributed by atoms with E-state index in [2.05, 4.69) is 29.1 Å².